The summed E-state index contributed by atoms with van der Waals surface area (Å²) >= 11 is 3.33. The van der Waals surface area contributed by atoms with Gasteiger partial charge in [-0.3, -0.25) is 9.59 Å². The van der Waals surface area contributed by atoms with Crippen molar-refractivity contribution in [3.8, 4) is 5.75 Å². The van der Waals surface area contributed by atoms with E-state index in [9.17, 15) is 9.59 Å². The van der Waals surface area contributed by atoms with Gasteiger partial charge in [0.2, 0.25) is 0 Å². The highest BCUT2D eigenvalue weighted by Crippen LogP contribution is 2.16. The number of esters is 1. The monoisotopic (exact) mass is 329 g/mol. The molecule has 0 aliphatic rings. The highest BCUT2D eigenvalue weighted by atomic mass is 79.9. The quantitative estimate of drug-likeness (QED) is 0.613. The fraction of sp³-hybridized carbons (Fsp3) is 0.385. The molecule has 0 unspecified atom stereocenters. The average Bonchev–Trinajstić information content (AvgIpc) is 2.36. The molecule has 104 valence electrons. The van der Waals surface area contributed by atoms with Gasteiger partial charge in [-0.15, -0.1) is 0 Å². The second-order valence-corrected chi connectivity index (χ2v) is 4.86. The van der Waals surface area contributed by atoms with Gasteiger partial charge in [0.05, 0.1) is 6.61 Å². The van der Waals surface area contributed by atoms with Crippen molar-refractivity contribution in [2.24, 2.45) is 5.73 Å². The fourth-order valence-electron chi connectivity index (χ4n) is 1.25. The van der Waals surface area contributed by atoms with Crippen LogP contribution in [0.2, 0.25) is 0 Å². The molecule has 0 saturated carbocycles. The van der Waals surface area contributed by atoms with Crippen LogP contribution in [0.15, 0.2) is 28.7 Å². The number of primary amides is 1. The predicted molar refractivity (Wildman–Crippen MR) is 73.6 cm³/mol. The zero-order valence-electron chi connectivity index (χ0n) is 10.6. The number of amides is 1. The Labute approximate surface area is 120 Å². The molecule has 0 aliphatic carbocycles. The Hall–Kier alpha value is -1.56. The van der Waals surface area contributed by atoms with Gasteiger partial charge in [0.1, 0.15) is 5.75 Å². The first-order chi connectivity index (χ1) is 8.99. The molecule has 0 heterocycles. The van der Waals surface area contributed by atoms with Crippen molar-refractivity contribution in [3.63, 3.8) is 0 Å². The minimum Gasteiger partial charge on any atom is -0.494 e. The number of nitrogens with two attached hydrogens (primary N) is 1. The van der Waals surface area contributed by atoms with Crippen LogP contribution in [0.5, 0.6) is 5.75 Å². The Morgan fingerprint density at radius 3 is 2.53 bits per heavy atom. The Morgan fingerprint density at radius 1 is 1.32 bits per heavy atom. The van der Waals surface area contributed by atoms with Crippen molar-refractivity contribution >= 4 is 27.8 Å². The van der Waals surface area contributed by atoms with Crippen LogP contribution in [0.1, 0.15) is 19.8 Å². The summed E-state index contributed by atoms with van der Waals surface area (Å²) in [4.78, 5) is 22.0. The fourth-order valence-corrected chi connectivity index (χ4v) is 1.52. The SMILES string of the molecule is C[C@H](OC(=O)CCCOc1ccc(Br)cc1)C(N)=O. The first-order valence-corrected chi connectivity index (χ1v) is 6.65. The first-order valence-electron chi connectivity index (χ1n) is 5.86. The molecule has 0 fully saturated rings. The minimum atomic E-state index is -0.889. The topological polar surface area (TPSA) is 78.6 Å². The maximum atomic E-state index is 11.3. The van der Waals surface area contributed by atoms with Crippen molar-refractivity contribution in [3.05, 3.63) is 28.7 Å². The van der Waals surface area contributed by atoms with Crippen LogP contribution >= 0.6 is 15.9 Å². The Kier molecular flexibility index (Phi) is 6.35. The Bertz CT molecular complexity index is 433. The summed E-state index contributed by atoms with van der Waals surface area (Å²) in [5.74, 6) is -0.368. The lowest BCUT2D eigenvalue weighted by Gasteiger charge is -2.09. The third-order valence-electron chi connectivity index (χ3n) is 2.32. The molecule has 1 amide bonds. The van der Waals surface area contributed by atoms with Crippen molar-refractivity contribution in [2.45, 2.75) is 25.9 Å². The lowest BCUT2D eigenvalue weighted by atomic mass is 10.3. The number of halogens is 1. The van der Waals surface area contributed by atoms with E-state index in [0.29, 0.717) is 13.0 Å². The van der Waals surface area contributed by atoms with Gasteiger partial charge in [-0.1, -0.05) is 15.9 Å². The minimum absolute atomic E-state index is 0.189. The number of ether oxygens (including phenoxy) is 2. The van der Waals surface area contributed by atoms with Crippen molar-refractivity contribution in [1.82, 2.24) is 0 Å². The van der Waals surface area contributed by atoms with Crippen LogP contribution in [-0.4, -0.2) is 24.6 Å². The summed E-state index contributed by atoms with van der Waals surface area (Å²) in [6, 6.07) is 7.41. The van der Waals surface area contributed by atoms with E-state index in [-0.39, 0.29) is 6.42 Å². The maximum Gasteiger partial charge on any atom is 0.306 e. The smallest absolute Gasteiger partial charge is 0.306 e. The molecule has 19 heavy (non-hydrogen) atoms. The lowest BCUT2D eigenvalue weighted by molar-refractivity contribution is -0.153. The molecule has 0 spiro atoms. The summed E-state index contributed by atoms with van der Waals surface area (Å²) in [5.41, 5.74) is 4.98. The summed E-state index contributed by atoms with van der Waals surface area (Å²) < 4.78 is 11.2. The van der Waals surface area contributed by atoms with E-state index in [2.05, 4.69) is 15.9 Å². The number of hydrogen-bond acceptors (Lipinski definition) is 4. The van der Waals surface area contributed by atoms with Gasteiger partial charge in [-0.05, 0) is 37.6 Å². The van der Waals surface area contributed by atoms with Crippen LogP contribution in [0.4, 0.5) is 0 Å². The Morgan fingerprint density at radius 2 is 1.95 bits per heavy atom. The van der Waals surface area contributed by atoms with E-state index in [1.807, 2.05) is 24.3 Å². The van der Waals surface area contributed by atoms with E-state index < -0.39 is 18.0 Å². The summed E-state index contributed by atoms with van der Waals surface area (Å²) in [5, 5.41) is 0. The molecule has 0 radical (unpaired) electrons. The zero-order chi connectivity index (χ0) is 14.3. The molecular weight excluding hydrogens is 314 g/mol. The number of carbonyl (C=O) groups is 2. The zero-order valence-corrected chi connectivity index (χ0v) is 12.2. The molecule has 1 aromatic carbocycles. The van der Waals surface area contributed by atoms with Gasteiger partial charge in [0.15, 0.2) is 6.10 Å². The van der Waals surface area contributed by atoms with Gasteiger partial charge < -0.3 is 15.2 Å². The van der Waals surface area contributed by atoms with Gasteiger partial charge in [-0.2, -0.15) is 0 Å². The molecule has 2 N–H and O–H groups in total. The third-order valence-corrected chi connectivity index (χ3v) is 2.85. The summed E-state index contributed by atoms with van der Waals surface area (Å²) in [7, 11) is 0. The highest BCUT2D eigenvalue weighted by molar-refractivity contribution is 9.10. The second kappa shape index (κ2) is 7.78. The molecule has 1 aromatic rings. The summed E-state index contributed by atoms with van der Waals surface area (Å²) in [6.45, 7) is 1.85. The molecule has 6 heteroatoms. The molecule has 1 atom stereocenters. The molecule has 0 bridgehead atoms. The molecule has 5 nitrogen and oxygen atoms in total. The number of benzene rings is 1. The maximum absolute atomic E-state index is 11.3. The molecular formula is C13H16BrNO4. The van der Waals surface area contributed by atoms with Crippen molar-refractivity contribution in [2.75, 3.05) is 6.61 Å². The van der Waals surface area contributed by atoms with Crippen LogP contribution in [-0.2, 0) is 14.3 Å². The molecule has 1 rings (SSSR count). The molecule has 0 aromatic heterocycles. The van der Waals surface area contributed by atoms with Gasteiger partial charge in [-0.25, -0.2) is 0 Å². The van der Waals surface area contributed by atoms with Crippen molar-refractivity contribution in [1.29, 1.82) is 0 Å². The molecule has 0 aliphatic heterocycles. The normalized spacial score (nSPS) is 11.7. The lowest BCUT2D eigenvalue weighted by Crippen LogP contribution is -2.30. The van der Waals surface area contributed by atoms with Crippen LogP contribution < -0.4 is 10.5 Å². The first kappa shape index (κ1) is 15.5. The van der Waals surface area contributed by atoms with Crippen LogP contribution in [0.3, 0.4) is 0 Å². The average molecular weight is 330 g/mol. The number of carbonyl (C=O) groups excluding carboxylic acids is 2. The second-order valence-electron chi connectivity index (χ2n) is 3.94. The van der Waals surface area contributed by atoms with E-state index in [4.69, 9.17) is 15.2 Å². The number of hydrogen-bond donors (Lipinski definition) is 1. The van der Waals surface area contributed by atoms with Gasteiger partial charge in [0, 0.05) is 10.9 Å². The van der Waals surface area contributed by atoms with E-state index in [1.54, 1.807) is 0 Å². The standard InChI is InChI=1S/C13H16BrNO4/c1-9(13(15)17)19-12(16)3-2-8-18-11-6-4-10(14)5-7-11/h4-7,9H,2-3,8H2,1H3,(H2,15,17)/t9-/m0/s1. The summed E-state index contributed by atoms with van der Waals surface area (Å²) in [6.07, 6.45) is -0.186. The molecule has 0 saturated heterocycles. The van der Waals surface area contributed by atoms with Crippen molar-refractivity contribution < 1.29 is 19.1 Å². The highest BCUT2D eigenvalue weighted by Gasteiger charge is 2.13. The van der Waals surface area contributed by atoms with Crippen LogP contribution in [0.25, 0.3) is 0 Å². The van der Waals surface area contributed by atoms with E-state index in [0.717, 1.165) is 10.2 Å². The van der Waals surface area contributed by atoms with Gasteiger partial charge in [0.25, 0.3) is 5.91 Å². The predicted octanol–water partition coefficient (Wildman–Crippen LogP) is 2.03. The van der Waals surface area contributed by atoms with Crippen LogP contribution in [0, 0.1) is 0 Å². The number of rotatable bonds is 7. The third kappa shape index (κ3) is 6.24. The largest absolute Gasteiger partial charge is 0.494 e. The van der Waals surface area contributed by atoms with E-state index >= 15 is 0 Å². The van der Waals surface area contributed by atoms with E-state index in [1.165, 1.54) is 6.92 Å². The van der Waals surface area contributed by atoms with Gasteiger partial charge >= 0.3 is 5.97 Å². The Balaban J connectivity index is 2.18.